The largest absolute Gasteiger partial charge is 0.469 e. The quantitative estimate of drug-likeness (QED) is 0.713. The van der Waals surface area contributed by atoms with Gasteiger partial charge in [0.25, 0.3) is 0 Å². The van der Waals surface area contributed by atoms with Gasteiger partial charge >= 0.3 is 5.97 Å². The number of benzene rings is 1. The second-order valence-corrected chi connectivity index (χ2v) is 4.94. The molecule has 0 bridgehead atoms. The van der Waals surface area contributed by atoms with Gasteiger partial charge in [-0.25, -0.2) is 0 Å². The van der Waals surface area contributed by atoms with Gasteiger partial charge in [0.05, 0.1) is 37.5 Å². The standard InChI is InChI=1S/C14H17BrN2O3/c1-19-8-7-17(6-5-14(18)20-2)13-4-3-11(10-16)9-12(13)15/h3-4,9H,5-8H2,1-2H3. The van der Waals surface area contributed by atoms with Crippen LogP contribution >= 0.6 is 15.9 Å². The number of anilines is 1. The van der Waals surface area contributed by atoms with Crippen molar-refractivity contribution in [2.75, 3.05) is 38.8 Å². The zero-order valence-electron chi connectivity index (χ0n) is 11.6. The van der Waals surface area contributed by atoms with Gasteiger partial charge in [-0.3, -0.25) is 4.79 Å². The van der Waals surface area contributed by atoms with E-state index in [1.807, 2.05) is 11.0 Å². The van der Waals surface area contributed by atoms with E-state index in [2.05, 4.69) is 26.7 Å². The summed E-state index contributed by atoms with van der Waals surface area (Å²) in [6.45, 7) is 1.73. The van der Waals surface area contributed by atoms with Crippen LogP contribution in [-0.4, -0.2) is 39.9 Å². The third-order valence-corrected chi connectivity index (χ3v) is 3.43. The first-order valence-electron chi connectivity index (χ1n) is 6.12. The number of nitrogens with zero attached hydrogens (tertiary/aromatic N) is 2. The molecule has 0 fully saturated rings. The van der Waals surface area contributed by atoms with E-state index >= 15 is 0 Å². The molecule has 0 atom stereocenters. The lowest BCUT2D eigenvalue weighted by Crippen LogP contribution is -2.30. The van der Waals surface area contributed by atoms with Crippen LogP contribution < -0.4 is 4.90 Å². The molecule has 20 heavy (non-hydrogen) atoms. The maximum absolute atomic E-state index is 11.3. The Morgan fingerprint density at radius 3 is 2.70 bits per heavy atom. The monoisotopic (exact) mass is 340 g/mol. The summed E-state index contributed by atoms with van der Waals surface area (Å²) in [5, 5.41) is 8.88. The number of halogens is 1. The Hall–Kier alpha value is -1.58. The van der Waals surface area contributed by atoms with Crippen LogP contribution in [0.3, 0.4) is 0 Å². The predicted octanol–water partition coefficient (Wildman–Crippen LogP) is 2.34. The summed E-state index contributed by atoms with van der Waals surface area (Å²) in [6.07, 6.45) is 0.298. The van der Waals surface area contributed by atoms with Gasteiger partial charge in [-0.2, -0.15) is 5.26 Å². The molecule has 1 rings (SSSR count). The van der Waals surface area contributed by atoms with Gasteiger partial charge in [0.15, 0.2) is 0 Å². The summed E-state index contributed by atoms with van der Waals surface area (Å²) in [5.74, 6) is -0.253. The van der Waals surface area contributed by atoms with Gasteiger partial charge < -0.3 is 14.4 Å². The van der Waals surface area contributed by atoms with Crippen LogP contribution in [0.5, 0.6) is 0 Å². The minimum Gasteiger partial charge on any atom is -0.469 e. The molecule has 0 heterocycles. The molecule has 0 aliphatic carbocycles. The molecule has 0 unspecified atom stereocenters. The fraction of sp³-hybridized carbons (Fsp3) is 0.429. The zero-order valence-corrected chi connectivity index (χ0v) is 13.1. The molecule has 6 heteroatoms. The first-order chi connectivity index (χ1) is 9.62. The summed E-state index contributed by atoms with van der Waals surface area (Å²) in [7, 11) is 3.01. The number of ether oxygens (including phenoxy) is 2. The van der Waals surface area contributed by atoms with Crippen molar-refractivity contribution in [3.8, 4) is 6.07 Å². The Morgan fingerprint density at radius 1 is 1.40 bits per heavy atom. The molecule has 0 aliphatic rings. The van der Waals surface area contributed by atoms with E-state index in [1.165, 1.54) is 7.11 Å². The number of hydrogen-bond acceptors (Lipinski definition) is 5. The third kappa shape index (κ3) is 4.83. The minimum absolute atomic E-state index is 0.253. The van der Waals surface area contributed by atoms with E-state index in [4.69, 9.17) is 10.00 Å². The van der Waals surface area contributed by atoms with Crippen molar-refractivity contribution in [3.05, 3.63) is 28.2 Å². The number of esters is 1. The molecule has 0 saturated carbocycles. The summed E-state index contributed by atoms with van der Waals surface area (Å²) in [4.78, 5) is 13.3. The third-order valence-electron chi connectivity index (χ3n) is 2.80. The van der Waals surface area contributed by atoms with Crippen molar-refractivity contribution in [2.45, 2.75) is 6.42 Å². The highest BCUT2D eigenvalue weighted by molar-refractivity contribution is 9.10. The summed E-state index contributed by atoms with van der Waals surface area (Å²) >= 11 is 3.45. The fourth-order valence-electron chi connectivity index (χ4n) is 1.72. The van der Waals surface area contributed by atoms with Crippen molar-refractivity contribution in [1.29, 1.82) is 5.26 Å². The van der Waals surface area contributed by atoms with Crippen LogP contribution in [0.2, 0.25) is 0 Å². The van der Waals surface area contributed by atoms with E-state index in [0.29, 0.717) is 31.7 Å². The lowest BCUT2D eigenvalue weighted by Gasteiger charge is -2.25. The van der Waals surface area contributed by atoms with E-state index in [9.17, 15) is 4.79 Å². The molecule has 0 aliphatic heterocycles. The van der Waals surface area contributed by atoms with Crippen LogP contribution in [0, 0.1) is 11.3 Å². The van der Waals surface area contributed by atoms with Gasteiger partial charge in [0.1, 0.15) is 0 Å². The van der Waals surface area contributed by atoms with Crippen molar-refractivity contribution >= 4 is 27.6 Å². The van der Waals surface area contributed by atoms with Crippen molar-refractivity contribution < 1.29 is 14.3 Å². The van der Waals surface area contributed by atoms with Gasteiger partial charge in [-0.05, 0) is 34.1 Å². The second-order valence-electron chi connectivity index (χ2n) is 4.08. The fourth-order valence-corrected chi connectivity index (χ4v) is 2.34. The molecule has 0 aromatic heterocycles. The van der Waals surface area contributed by atoms with Crippen molar-refractivity contribution in [2.24, 2.45) is 0 Å². The SMILES string of the molecule is COCCN(CCC(=O)OC)c1ccc(C#N)cc1Br. The lowest BCUT2D eigenvalue weighted by atomic mass is 10.2. The highest BCUT2D eigenvalue weighted by Crippen LogP contribution is 2.27. The molecule has 1 aromatic rings. The smallest absolute Gasteiger partial charge is 0.307 e. The number of methoxy groups -OCH3 is 2. The Labute approximate surface area is 127 Å². The number of nitriles is 1. The summed E-state index contributed by atoms with van der Waals surface area (Å²) < 4.78 is 10.6. The van der Waals surface area contributed by atoms with Crippen LogP contribution in [0.1, 0.15) is 12.0 Å². The molecule has 108 valence electrons. The number of carbonyl (C=O) groups is 1. The molecule has 1 aromatic carbocycles. The average Bonchev–Trinajstić information content (AvgIpc) is 2.47. The average molecular weight is 341 g/mol. The summed E-state index contributed by atoms with van der Waals surface area (Å²) in [5.41, 5.74) is 1.50. The first kappa shape index (κ1) is 16.5. The van der Waals surface area contributed by atoms with Crippen LogP contribution in [0.15, 0.2) is 22.7 Å². The van der Waals surface area contributed by atoms with E-state index in [-0.39, 0.29) is 5.97 Å². The highest BCUT2D eigenvalue weighted by Gasteiger charge is 2.12. The number of carbonyl (C=O) groups excluding carboxylic acids is 1. The van der Waals surface area contributed by atoms with E-state index < -0.39 is 0 Å². The van der Waals surface area contributed by atoms with Crippen molar-refractivity contribution in [3.63, 3.8) is 0 Å². The molecule has 0 saturated heterocycles. The Balaban J connectivity index is 2.86. The Bertz CT molecular complexity index is 500. The Kier molecular flexibility index (Phi) is 7.05. The van der Waals surface area contributed by atoms with Gasteiger partial charge in [0.2, 0.25) is 0 Å². The molecular weight excluding hydrogens is 324 g/mol. The van der Waals surface area contributed by atoms with Crippen molar-refractivity contribution in [1.82, 2.24) is 0 Å². The van der Waals surface area contributed by atoms with Gasteiger partial charge in [-0.1, -0.05) is 0 Å². The summed E-state index contributed by atoms with van der Waals surface area (Å²) in [6, 6.07) is 7.45. The maximum atomic E-state index is 11.3. The minimum atomic E-state index is -0.253. The van der Waals surface area contributed by atoms with Gasteiger partial charge in [0, 0.05) is 24.7 Å². The first-order valence-corrected chi connectivity index (χ1v) is 6.92. The molecular formula is C14H17BrN2O3. The predicted molar refractivity (Wildman–Crippen MR) is 79.6 cm³/mol. The number of rotatable bonds is 7. The van der Waals surface area contributed by atoms with Crippen LogP contribution in [0.4, 0.5) is 5.69 Å². The van der Waals surface area contributed by atoms with Gasteiger partial charge in [-0.15, -0.1) is 0 Å². The number of hydrogen-bond donors (Lipinski definition) is 0. The maximum Gasteiger partial charge on any atom is 0.307 e. The molecule has 0 N–H and O–H groups in total. The molecule has 0 spiro atoms. The molecule has 5 nitrogen and oxygen atoms in total. The van der Waals surface area contributed by atoms with Crippen LogP contribution in [-0.2, 0) is 14.3 Å². The normalized spacial score (nSPS) is 9.90. The Morgan fingerprint density at radius 2 is 2.15 bits per heavy atom. The van der Waals surface area contributed by atoms with E-state index in [1.54, 1.807) is 19.2 Å². The topological polar surface area (TPSA) is 62.6 Å². The zero-order chi connectivity index (χ0) is 15.0. The van der Waals surface area contributed by atoms with Crippen LogP contribution in [0.25, 0.3) is 0 Å². The lowest BCUT2D eigenvalue weighted by molar-refractivity contribution is -0.140. The molecule has 0 radical (unpaired) electrons. The second kappa shape index (κ2) is 8.56. The van der Waals surface area contributed by atoms with E-state index in [0.717, 1.165) is 10.2 Å². The highest BCUT2D eigenvalue weighted by atomic mass is 79.9. The molecule has 0 amide bonds.